The lowest BCUT2D eigenvalue weighted by Crippen LogP contribution is -2.42. The minimum absolute atomic E-state index is 0.493. The maximum Gasteiger partial charge on any atom is 0.0615 e. The van der Waals surface area contributed by atoms with Gasteiger partial charge in [-0.15, -0.1) is 0 Å². The predicted octanol–water partition coefficient (Wildman–Crippen LogP) is 2.63. The maximum atomic E-state index is 5.27. The van der Waals surface area contributed by atoms with Crippen molar-refractivity contribution in [3.8, 4) is 0 Å². The van der Waals surface area contributed by atoms with Crippen LogP contribution in [0, 0.1) is 5.92 Å². The highest BCUT2D eigenvalue weighted by atomic mass is 16.5. The summed E-state index contributed by atoms with van der Waals surface area (Å²) in [6.45, 7) is 8.59. The molecule has 2 unspecified atom stereocenters. The van der Waals surface area contributed by atoms with E-state index in [2.05, 4.69) is 48.3 Å². The Labute approximate surface area is 116 Å². The van der Waals surface area contributed by atoms with Crippen LogP contribution < -0.4 is 5.32 Å². The average Bonchev–Trinajstić information content (AvgIpc) is 2.44. The molecule has 0 aromatic heterocycles. The summed E-state index contributed by atoms with van der Waals surface area (Å²) >= 11 is 0. The molecular weight excluding hydrogens is 236 g/mol. The van der Waals surface area contributed by atoms with Gasteiger partial charge in [-0.3, -0.25) is 4.90 Å². The molecule has 2 atom stereocenters. The van der Waals surface area contributed by atoms with Gasteiger partial charge in [0.05, 0.1) is 6.61 Å². The molecule has 1 N–H and O–H groups in total. The van der Waals surface area contributed by atoms with Crippen molar-refractivity contribution in [3.63, 3.8) is 0 Å². The number of nitrogens with one attached hydrogen (secondary N) is 1. The molecule has 1 aliphatic heterocycles. The first-order valence-electron chi connectivity index (χ1n) is 7.29. The summed E-state index contributed by atoms with van der Waals surface area (Å²) in [7, 11) is 1.78. The number of anilines is 1. The van der Waals surface area contributed by atoms with Crippen molar-refractivity contribution >= 4 is 5.69 Å². The second-order valence-electron chi connectivity index (χ2n) is 5.50. The van der Waals surface area contributed by atoms with E-state index in [9.17, 15) is 0 Å². The predicted molar refractivity (Wildman–Crippen MR) is 80.7 cm³/mol. The molecule has 0 amide bonds. The van der Waals surface area contributed by atoms with Crippen LogP contribution in [-0.4, -0.2) is 44.3 Å². The van der Waals surface area contributed by atoms with Crippen molar-refractivity contribution < 1.29 is 4.74 Å². The van der Waals surface area contributed by atoms with Crippen molar-refractivity contribution in [1.82, 2.24) is 4.90 Å². The number of ether oxygens (including phenoxy) is 1. The van der Waals surface area contributed by atoms with Crippen LogP contribution in [0.2, 0.25) is 0 Å². The molecule has 1 aliphatic rings. The van der Waals surface area contributed by atoms with E-state index in [4.69, 9.17) is 4.74 Å². The number of methoxy groups -OCH3 is 1. The molecule has 106 valence electrons. The van der Waals surface area contributed by atoms with Gasteiger partial charge in [0.25, 0.3) is 0 Å². The third-order valence-corrected chi connectivity index (χ3v) is 4.04. The molecule has 1 aromatic rings. The summed E-state index contributed by atoms with van der Waals surface area (Å²) in [5, 5.41) is 3.56. The van der Waals surface area contributed by atoms with E-state index < -0.39 is 0 Å². The Hall–Kier alpha value is -1.06. The van der Waals surface area contributed by atoms with Crippen LogP contribution in [0.3, 0.4) is 0 Å². The van der Waals surface area contributed by atoms with Gasteiger partial charge in [0.1, 0.15) is 0 Å². The Morgan fingerprint density at radius 1 is 1.42 bits per heavy atom. The van der Waals surface area contributed by atoms with Crippen LogP contribution >= 0.6 is 0 Å². The van der Waals surface area contributed by atoms with Crippen molar-refractivity contribution in [2.24, 2.45) is 5.92 Å². The van der Waals surface area contributed by atoms with Crippen molar-refractivity contribution in [2.45, 2.75) is 26.3 Å². The third-order valence-electron chi connectivity index (χ3n) is 4.04. The van der Waals surface area contributed by atoms with Gasteiger partial charge in [-0.1, -0.05) is 25.1 Å². The van der Waals surface area contributed by atoms with E-state index in [-0.39, 0.29) is 0 Å². The smallest absolute Gasteiger partial charge is 0.0615 e. The van der Waals surface area contributed by atoms with E-state index in [1.165, 1.54) is 17.7 Å². The van der Waals surface area contributed by atoms with E-state index in [1.54, 1.807) is 7.11 Å². The second kappa shape index (κ2) is 6.92. The van der Waals surface area contributed by atoms with E-state index >= 15 is 0 Å². The first kappa shape index (κ1) is 14.4. The summed E-state index contributed by atoms with van der Waals surface area (Å²) in [4.78, 5) is 2.52. The molecule has 0 aliphatic carbocycles. The fourth-order valence-corrected chi connectivity index (χ4v) is 2.94. The number of likely N-dealkylation sites (N-methyl/N-ethyl adjacent to an activating group) is 1. The van der Waals surface area contributed by atoms with Crippen molar-refractivity contribution in [3.05, 3.63) is 29.8 Å². The van der Waals surface area contributed by atoms with Crippen LogP contribution in [0.15, 0.2) is 24.3 Å². The molecule has 0 fully saturated rings. The molecule has 0 radical (unpaired) electrons. The summed E-state index contributed by atoms with van der Waals surface area (Å²) < 4.78 is 5.27. The Kier molecular flexibility index (Phi) is 5.23. The Bertz CT molecular complexity index is 394. The molecular formula is C16H26N2O. The molecule has 0 saturated heterocycles. The normalized spacial score (nSPS) is 19.9. The van der Waals surface area contributed by atoms with E-state index in [0.29, 0.717) is 12.0 Å². The largest absolute Gasteiger partial charge is 0.384 e. The number of hydrogen-bond acceptors (Lipinski definition) is 3. The first-order chi connectivity index (χ1) is 9.24. The minimum Gasteiger partial charge on any atom is -0.384 e. The minimum atomic E-state index is 0.493. The Morgan fingerprint density at radius 2 is 2.21 bits per heavy atom. The van der Waals surface area contributed by atoms with E-state index in [1.807, 2.05) is 0 Å². The van der Waals surface area contributed by atoms with E-state index in [0.717, 1.165) is 26.2 Å². The third kappa shape index (κ3) is 3.71. The highest BCUT2D eigenvalue weighted by molar-refractivity contribution is 5.53. The molecule has 3 heteroatoms. The Balaban J connectivity index is 1.93. The molecule has 0 spiro atoms. The zero-order valence-corrected chi connectivity index (χ0v) is 12.4. The number of benzene rings is 1. The van der Waals surface area contributed by atoms with Crippen molar-refractivity contribution in [2.75, 3.05) is 38.7 Å². The van der Waals surface area contributed by atoms with Crippen LogP contribution in [0.5, 0.6) is 0 Å². The summed E-state index contributed by atoms with van der Waals surface area (Å²) in [5.41, 5.74) is 2.76. The van der Waals surface area contributed by atoms with Gasteiger partial charge in [-0.2, -0.15) is 0 Å². The lowest BCUT2D eigenvalue weighted by Gasteiger charge is -2.34. The van der Waals surface area contributed by atoms with Crippen LogP contribution in [0.25, 0.3) is 0 Å². The number of para-hydroxylation sites is 1. The Morgan fingerprint density at radius 3 is 2.95 bits per heavy atom. The molecule has 19 heavy (non-hydrogen) atoms. The highest BCUT2D eigenvalue weighted by Crippen LogP contribution is 2.25. The zero-order valence-electron chi connectivity index (χ0n) is 12.4. The molecule has 1 heterocycles. The number of fused-ring (bicyclic) bond motifs is 1. The molecule has 1 aromatic carbocycles. The monoisotopic (exact) mass is 262 g/mol. The van der Waals surface area contributed by atoms with Gasteiger partial charge in [0.2, 0.25) is 0 Å². The standard InChI is InChI=1S/C16H26N2O/c1-4-18(13(2)12-19-3)11-14-9-15-7-5-6-8-16(15)17-10-14/h5-8,13-14,17H,4,9-12H2,1-3H3. The molecule has 2 rings (SSSR count). The molecule has 3 nitrogen and oxygen atoms in total. The second-order valence-corrected chi connectivity index (χ2v) is 5.50. The van der Waals surface area contributed by atoms with Gasteiger partial charge < -0.3 is 10.1 Å². The van der Waals surface area contributed by atoms with Gasteiger partial charge in [0, 0.05) is 31.9 Å². The van der Waals surface area contributed by atoms with Gasteiger partial charge >= 0.3 is 0 Å². The quantitative estimate of drug-likeness (QED) is 0.853. The molecule has 0 saturated carbocycles. The lowest BCUT2D eigenvalue weighted by atomic mass is 9.93. The lowest BCUT2D eigenvalue weighted by molar-refractivity contribution is 0.0924. The zero-order chi connectivity index (χ0) is 13.7. The van der Waals surface area contributed by atoms with Crippen LogP contribution in [0.4, 0.5) is 5.69 Å². The summed E-state index contributed by atoms with van der Waals surface area (Å²) in [6.07, 6.45) is 1.18. The van der Waals surface area contributed by atoms with Crippen LogP contribution in [-0.2, 0) is 11.2 Å². The maximum absolute atomic E-state index is 5.27. The van der Waals surface area contributed by atoms with Gasteiger partial charge in [-0.25, -0.2) is 0 Å². The summed E-state index contributed by atoms with van der Waals surface area (Å²) in [6, 6.07) is 9.14. The fraction of sp³-hybridized carbons (Fsp3) is 0.625. The first-order valence-corrected chi connectivity index (χ1v) is 7.29. The molecule has 0 bridgehead atoms. The highest BCUT2D eigenvalue weighted by Gasteiger charge is 2.22. The SMILES string of the molecule is CCN(CC1CNc2ccccc2C1)C(C)COC. The number of hydrogen-bond donors (Lipinski definition) is 1. The van der Waals surface area contributed by atoms with Gasteiger partial charge in [0.15, 0.2) is 0 Å². The number of nitrogens with zero attached hydrogens (tertiary/aromatic N) is 1. The fourth-order valence-electron chi connectivity index (χ4n) is 2.94. The number of rotatable bonds is 6. The topological polar surface area (TPSA) is 24.5 Å². The van der Waals surface area contributed by atoms with Gasteiger partial charge in [-0.05, 0) is 37.4 Å². The van der Waals surface area contributed by atoms with Crippen molar-refractivity contribution in [1.29, 1.82) is 0 Å². The average molecular weight is 262 g/mol. The summed E-state index contributed by atoms with van der Waals surface area (Å²) in [5.74, 6) is 0.689. The van der Waals surface area contributed by atoms with Crippen LogP contribution in [0.1, 0.15) is 19.4 Å².